The number of nitrogens with zero attached hydrogens (tertiary/aromatic N) is 1. The number of benzene rings is 7. The summed E-state index contributed by atoms with van der Waals surface area (Å²) in [6.07, 6.45) is 0. The maximum absolute atomic E-state index is 2.44. The summed E-state index contributed by atoms with van der Waals surface area (Å²) in [7, 11) is 0. The lowest BCUT2D eigenvalue weighted by atomic mass is 9.67. The van der Waals surface area contributed by atoms with Crippen LogP contribution in [0.3, 0.4) is 0 Å². The lowest BCUT2D eigenvalue weighted by molar-refractivity contribution is 0.768. The maximum Gasteiger partial charge on any atom is 0.0714 e. The van der Waals surface area contributed by atoms with E-state index in [4.69, 9.17) is 0 Å². The molecule has 0 fully saturated rings. The fourth-order valence-corrected chi connectivity index (χ4v) is 7.22. The molecule has 0 radical (unpaired) electrons. The minimum Gasteiger partial charge on any atom is -0.310 e. The Kier molecular flexibility index (Phi) is 6.65. The van der Waals surface area contributed by atoms with Crippen LogP contribution < -0.4 is 4.90 Å². The predicted octanol–water partition coefficient (Wildman–Crippen LogP) is 11.5. The first-order chi connectivity index (χ1) is 22.2. The maximum atomic E-state index is 2.44. The van der Waals surface area contributed by atoms with Crippen molar-refractivity contribution in [2.75, 3.05) is 4.90 Å². The van der Waals surface area contributed by atoms with Gasteiger partial charge in [0.05, 0.1) is 11.1 Å². The van der Waals surface area contributed by atoms with Crippen molar-refractivity contribution in [2.45, 2.75) is 12.3 Å². The van der Waals surface area contributed by atoms with Crippen LogP contribution in [0.5, 0.6) is 0 Å². The molecule has 0 saturated heterocycles. The third-order valence-electron chi connectivity index (χ3n) is 9.22. The van der Waals surface area contributed by atoms with Gasteiger partial charge in [-0.05, 0) is 76.2 Å². The second-order valence-electron chi connectivity index (χ2n) is 11.8. The standard InChI is InChI=1S/C44H33N/c1-32-25-27-36(28-26-32)45(43-24-14-12-21-38(43)33-15-5-2-6-16-33)37-29-30-40-39-22-11-13-23-41(39)44(42(40)31-37,34-17-7-3-8-18-34)35-19-9-4-10-20-35/h2-31H,1H3. The van der Waals surface area contributed by atoms with Crippen LogP contribution in [0.25, 0.3) is 22.3 Å². The number of hydrogen-bond acceptors (Lipinski definition) is 1. The van der Waals surface area contributed by atoms with E-state index in [1.54, 1.807) is 0 Å². The number of aryl methyl sites for hydroxylation is 1. The molecule has 0 heterocycles. The van der Waals surface area contributed by atoms with Crippen molar-refractivity contribution in [1.29, 1.82) is 0 Å². The van der Waals surface area contributed by atoms with Gasteiger partial charge in [0.25, 0.3) is 0 Å². The van der Waals surface area contributed by atoms with E-state index in [2.05, 4.69) is 194 Å². The molecule has 0 bridgehead atoms. The summed E-state index contributed by atoms with van der Waals surface area (Å²) in [6, 6.07) is 66.4. The van der Waals surface area contributed by atoms with Gasteiger partial charge in [-0.3, -0.25) is 0 Å². The molecule has 1 nitrogen and oxygen atoms in total. The van der Waals surface area contributed by atoms with Crippen LogP contribution in [0.1, 0.15) is 27.8 Å². The molecule has 7 aromatic carbocycles. The van der Waals surface area contributed by atoms with E-state index in [0.717, 1.165) is 17.1 Å². The summed E-state index contributed by atoms with van der Waals surface area (Å²) in [5.74, 6) is 0. The molecule has 1 aliphatic rings. The Balaban J connectivity index is 1.43. The van der Waals surface area contributed by atoms with Crippen LogP contribution >= 0.6 is 0 Å². The summed E-state index contributed by atoms with van der Waals surface area (Å²) in [6.45, 7) is 2.15. The van der Waals surface area contributed by atoms with E-state index >= 15 is 0 Å². The van der Waals surface area contributed by atoms with Crippen LogP contribution in [0.15, 0.2) is 182 Å². The number of hydrogen-bond donors (Lipinski definition) is 0. The minimum atomic E-state index is -0.456. The molecular weight excluding hydrogens is 542 g/mol. The third-order valence-corrected chi connectivity index (χ3v) is 9.22. The molecule has 7 aromatic rings. The minimum absolute atomic E-state index is 0.456. The van der Waals surface area contributed by atoms with E-state index in [-0.39, 0.29) is 0 Å². The highest BCUT2D eigenvalue weighted by Crippen LogP contribution is 2.57. The SMILES string of the molecule is Cc1ccc(N(c2ccc3c(c2)C(c2ccccc2)(c2ccccc2)c2ccccc2-3)c2ccccc2-c2ccccc2)cc1. The van der Waals surface area contributed by atoms with E-state index in [9.17, 15) is 0 Å². The molecule has 0 aliphatic heterocycles. The summed E-state index contributed by atoms with van der Waals surface area (Å²) in [4.78, 5) is 2.42. The smallest absolute Gasteiger partial charge is 0.0714 e. The van der Waals surface area contributed by atoms with Gasteiger partial charge in [0, 0.05) is 16.9 Å². The zero-order valence-corrected chi connectivity index (χ0v) is 25.3. The first kappa shape index (κ1) is 26.9. The van der Waals surface area contributed by atoms with Crippen molar-refractivity contribution in [3.8, 4) is 22.3 Å². The Hall–Kier alpha value is -5.66. The Morgan fingerprint density at radius 3 is 1.58 bits per heavy atom. The van der Waals surface area contributed by atoms with Crippen molar-refractivity contribution in [3.63, 3.8) is 0 Å². The molecule has 8 rings (SSSR count). The summed E-state index contributed by atoms with van der Waals surface area (Å²) < 4.78 is 0. The number of rotatable bonds is 6. The highest BCUT2D eigenvalue weighted by Gasteiger charge is 2.46. The van der Waals surface area contributed by atoms with Crippen molar-refractivity contribution >= 4 is 17.1 Å². The molecule has 0 atom stereocenters. The first-order valence-corrected chi connectivity index (χ1v) is 15.6. The molecule has 1 heteroatoms. The highest BCUT2D eigenvalue weighted by atomic mass is 15.1. The van der Waals surface area contributed by atoms with Gasteiger partial charge in [-0.1, -0.05) is 157 Å². The molecule has 1 aliphatic carbocycles. The van der Waals surface area contributed by atoms with Crippen molar-refractivity contribution in [1.82, 2.24) is 0 Å². The lowest BCUT2D eigenvalue weighted by Gasteiger charge is -2.35. The number of fused-ring (bicyclic) bond motifs is 3. The van der Waals surface area contributed by atoms with E-state index < -0.39 is 5.41 Å². The van der Waals surface area contributed by atoms with Crippen molar-refractivity contribution < 1.29 is 0 Å². The molecule has 0 amide bonds. The van der Waals surface area contributed by atoms with Crippen LogP contribution in [-0.4, -0.2) is 0 Å². The molecular formula is C44H33N. The fraction of sp³-hybridized carbons (Fsp3) is 0.0455. The van der Waals surface area contributed by atoms with Crippen LogP contribution in [0, 0.1) is 6.92 Å². The highest BCUT2D eigenvalue weighted by molar-refractivity contribution is 5.92. The third kappa shape index (κ3) is 4.39. The fourth-order valence-electron chi connectivity index (χ4n) is 7.22. The predicted molar refractivity (Wildman–Crippen MR) is 189 cm³/mol. The molecule has 0 N–H and O–H groups in total. The van der Waals surface area contributed by atoms with E-state index in [0.29, 0.717) is 0 Å². The molecule has 0 saturated carbocycles. The van der Waals surface area contributed by atoms with Gasteiger partial charge in [-0.25, -0.2) is 0 Å². The number of anilines is 3. The first-order valence-electron chi connectivity index (χ1n) is 15.6. The van der Waals surface area contributed by atoms with E-state index in [1.165, 1.54) is 50.1 Å². The second-order valence-corrected chi connectivity index (χ2v) is 11.8. The summed E-state index contributed by atoms with van der Waals surface area (Å²) in [5.41, 5.74) is 14.3. The number of para-hydroxylation sites is 1. The van der Waals surface area contributed by atoms with Gasteiger partial charge >= 0.3 is 0 Å². The normalized spacial score (nSPS) is 12.7. The molecule has 0 aromatic heterocycles. The van der Waals surface area contributed by atoms with Crippen LogP contribution in [-0.2, 0) is 5.41 Å². The van der Waals surface area contributed by atoms with Crippen molar-refractivity contribution in [2.24, 2.45) is 0 Å². The van der Waals surface area contributed by atoms with Crippen LogP contribution in [0.4, 0.5) is 17.1 Å². The van der Waals surface area contributed by atoms with Gasteiger partial charge in [-0.2, -0.15) is 0 Å². The Morgan fingerprint density at radius 2 is 0.911 bits per heavy atom. The zero-order chi connectivity index (χ0) is 30.2. The van der Waals surface area contributed by atoms with Crippen LogP contribution in [0.2, 0.25) is 0 Å². The van der Waals surface area contributed by atoms with Gasteiger partial charge in [0.2, 0.25) is 0 Å². The van der Waals surface area contributed by atoms with Gasteiger partial charge < -0.3 is 4.90 Å². The van der Waals surface area contributed by atoms with Crippen molar-refractivity contribution in [3.05, 3.63) is 210 Å². The lowest BCUT2D eigenvalue weighted by Crippen LogP contribution is -2.28. The average molecular weight is 576 g/mol. The Labute approximate surface area is 265 Å². The van der Waals surface area contributed by atoms with Gasteiger partial charge in [0.15, 0.2) is 0 Å². The average Bonchev–Trinajstić information content (AvgIpc) is 3.41. The molecule has 0 spiro atoms. The largest absolute Gasteiger partial charge is 0.310 e. The second kappa shape index (κ2) is 11.1. The zero-order valence-electron chi connectivity index (χ0n) is 25.3. The Morgan fingerprint density at radius 1 is 0.400 bits per heavy atom. The quantitative estimate of drug-likeness (QED) is 0.191. The molecule has 45 heavy (non-hydrogen) atoms. The monoisotopic (exact) mass is 575 g/mol. The van der Waals surface area contributed by atoms with Gasteiger partial charge in [-0.15, -0.1) is 0 Å². The summed E-state index contributed by atoms with van der Waals surface area (Å²) >= 11 is 0. The summed E-state index contributed by atoms with van der Waals surface area (Å²) in [5, 5.41) is 0. The molecule has 214 valence electrons. The van der Waals surface area contributed by atoms with E-state index in [1.807, 2.05) is 0 Å². The molecule has 0 unspecified atom stereocenters. The van der Waals surface area contributed by atoms with Gasteiger partial charge in [0.1, 0.15) is 0 Å². The Bertz CT molecular complexity index is 2060. The topological polar surface area (TPSA) is 3.24 Å².